The number of ether oxygens (including phenoxy) is 2. The number of nitrogens with zero attached hydrogens (tertiary/aromatic N) is 6. The maximum atomic E-state index is 6.22. The van der Waals surface area contributed by atoms with Crippen LogP contribution in [0.5, 0.6) is 5.75 Å². The van der Waals surface area contributed by atoms with Crippen molar-refractivity contribution in [2.45, 2.75) is 32.4 Å². The second-order valence-corrected chi connectivity index (χ2v) is 8.79. The van der Waals surface area contributed by atoms with E-state index in [4.69, 9.17) is 14.5 Å². The molecular formula is C25H32N6O2. The van der Waals surface area contributed by atoms with Crippen LogP contribution in [0.1, 0.15) is 43.0 Å². The van der Waals surface area contributed by atoms with Gasteiger partial charge in [0, 0.05) is 69.4 Å². The number of anilines is 1. The Bertz CT molecular complexity index is 1050. The summed E-state index contributed by atoms with van der Waals surface area (Å²) in [6.07, 6.45) is 5.60. The minimum atomic E-state index is -0.159. The molecule has 2 aromatic heterocycles. The summed E-state index contributed by atoms with van der Waals surface area (Å²) in [7, 11) is 5.56. The molecule has 33 heavy (non-hydrogen) atoms. The van der Waals surface area contributed by atoms with Crippen molar-refractivity contribution in [2.75, 3.05) is 45.8 Å². The summed E-state index contributed by atoms with van der Waals surface area (Å²) in [6.45, 7) is 7.21. The molecule has 0 aliphatic carbocycles. The molecule has 1 atom stereocenters. The molecule has 0 spiro atoms. The monoisotopic (exact) mass is 448 g/mol. The quantitative estimate of drug-likeness (QED) is 0.542. The summed E-state index contributed by atoms with van der Waals surface area (Å²) in [5.74, 6) is 2.68. The third-order valence-corrected chi connectivity index (χ3v) is 5.71. The molecule has 1 saturated heterocycles. The van der Waals surface area contributed by atoms with Crippen molar-refractivity contribution >= 4 is 5.95 Å². The van der Waals surface area contributed by atoms with Crippen molar-refractivity contribution < 1.29 is 9.47 Å². The predicted molar refractivity (Wildman–Crippen MR) is 128 cm³/mol. The van der Waals surface area contributed by atoms with Crippen LogP contribution in [0.3, 0.4) is 0 Å². The van der Waals surface area contributed by atoms with Gasteiger partial charge in [0.2, 0.25) is 5.95 Å². The Morgan fingerprint density at radius 2 is 1.82 bits per heavy atom. The molecule has 0 unspecified atom stereocenters. The Balaban J connectivity index is 1.58. The van der Waals surface area contributed by atoms with Crippen LogP contribution in [-0.2, 0) is 11.3 Å². The van der Waals surface area contributed by atoms with E-state index in [1.54, 1.807) is 7.11 Å². The van der Waals surface area contributed by atoms with Crippen LogP contribution in [0.4, 0.5) is 5.95 Å². The Morgan fingerprint density at radius 3 is 2.45 bits per heavy atom. The van der Waals surface area contributed by atoms with Crippen molar-refractivity contribution in [3.63, 3.8) is 0 Å². The summed E-state index contributed by atoms with van der Waals surface area (Å²) in [5, 5.41) is 0. The highest BCUT2D eigenvalue weighted by Gasteiger charge is 2.27. The molecule has 0 N–H and O–H groups in total. The van der Waals surface area contributed by atoms with E-state index in [0.717, 1.165) is 53.6 Å². The lowest BCUT2D eigenvalue weighted by Crippen LogP contribution is -2.38. The minimum Gasteiger partial charge on any atom is -0.497 e. The lowest BCUT2D eigenvalue weighted by Gasteiger charge is -2.33. The predicted octanol–water partition coefficient (Wildman–Crippen LogP) is 3.71. The number of morpholine rings is 1. The number of methoxy groups -OCH3 is 1. The minimum absolute atomic E-state index is 0.159. The fourth-order valence-corrected chi connectivity index (χ4v) is 3.85. The second kappa shape index (κ2) is 10.2. The highest BCUT2D eigenvalue weighted by Crippen LogP contribution is 2.32. The first-order valence-electron chi connectivity index (χ1n) is 11.3. The van der Waals surface area contributed by atoms with Crippen LogP contribution in [0, 0.1) is 0 Å². The molecule has 1 fully saturated rings. The van der Waals surface area contributed by atoms with Gasteiger partial charge in [-0.25, -0.2) is 19.9 Å². The van der Waals surface area contributed by atoms with Gasteiger partial charge in [0.05, 0.1) is 19.4 Å². The Labute approximate surface area is 195 Å². The van der Waals surface area contributed by atoms with Gasteiger partial charge in [-0.15, -0.1) is 0 Å². The van der Waals surface area contributed by atoms with Gasteiger partial charge >= 0.3 is 0 Å². The number of hydrogen-bond donors (Lipinski definition) is 0. The fraction of sp³-hybridized carbons (Fsp3) is 0.440. The first-order chi connectivity index (χ1) is 15.9. The molecule has 8 nitrogen and oxygen atoms in total. The molecule has 0 amide bonds. The normalized spacial score (nSPS) is 16.7. The average molecular weight is 449 g/mol. The fourth-order valence-electron chi connectivity index (χ4n) is 3.85. The van der Waals surface area contributed by atoms with Gasteiger partial charge in [0.1, 0.15) is 17.7 Å². The molecule has 0 bridgehead atoms. The zero-order chi connectivity index (χ0) is 23.4. The molecule has 0 radical (unpaired) electrons. The standard InChI is InChI=1S/C25H32N6O2/c1-17(2)24-26-12-18(13-27-24)15-31-10-11-33-22(16-31)23-21(14-28-25(29-23)30(3)4)19-6-8-20(32-5)9-7-19/h6-9,12-14,17,22H,10-11,15-16H2,1-5H3/t22-/m1/s1. The molecule has 0 saturated carbocycles. The third kappa shape index (κ3) is 5.46. The zero-order valence-corrected chi connectivity index (χ0v) is 20.0. The molecule has 1 aliphatic heterocycles. The molecular weight excluding hydrogens is 416 g/mol. The first kappa shape index (κ1) is 23.1. The maximum Gasteiger partial charge on any atom is 0.225 e. The number of hydrogen-bond acceptors (Lipinski definition) is 8. The van der Waals surface area contributed by atoms with Gasteiger partial charge < -0.3 is 14.4 Å². The van der Waals surface area contributed by atoms with Crippen molar-refractivity contribution in [2.24, 2.45) is 0 Å². The van der Waals surface area contributed by atoms with Crippen LogP contribution >= 0.6 is 0 Å². The van der Waals surface area contributed by atoms with Gasteiger partial charge in [0.15, 0.2) is 0 Å². The maximum absolute atomic E-state index is 6.22. The van der Waals surface area contributed by atoms with Gasteiger partial charge in [-0.2, -0.15) is 0 Å². The summed E-state index contributed by atoms with van der Waals surface area (Å²) in [4.78, 5) is 22.8. The zero-order valence-electron chi connectivity index (χ0n) is 20.0. The Hall–Kier alpha value is -3.10. The smallest absolute Gasteiger partial charge is 0.225 e. The van der Waals surface area contributed by atoms with Crippen LogP contribution in [-0.4, -0.2) is 65.7 Å². The summed E-state index contributed by atoms with van der Waals surface area (Å²) in [6, 6.07) is 7.97. The summed E-state index contributed by atoms with van der Waals surface area (Å²) in [5.41, 5.74) is 4.01. The van der Waals surface area contributed by atoms with Crippen LogP contribution in [0.15, 0.2) is 42.9 Å². The van der Waals surface area contributed by atoms with Crippen molar-refractivity contribution in [3.05, 3.63) is 59.9 Å². The largest absolute Gasteiger partial charge is 0.497 e. The topological polar surface area (TPSA) is 76.5 Å². The van der Waals surface area contributed by atoms with E-state index in [2.05, 4.69) is 33.7 Å². The first-order valence-corrected chi connectivity index (χ1v) is 11.3. The van der Waals surface area contributed by atoms with E-state index >= 15 is 0 Å². The molecule has 3 aromatic rings. The number of benzene rings is 1. The summed E-state index contributed by atoms with van der Waals surface area (Å²) >= 11 is 0. The van der Waals surface area contributed by atoms with Crippen molar-refractivity contribution in [1.82, 2.24) is 24.8 Å². The van der Waals surface area contributed by atoms with Gasteiger partial charge in [-0.3, -0.25) is 4.90 Å². The van der Waals surface area contributed by atoms with E-state index < -0.39 is 0 Å². The second-order valence-electron chi connectivity index (χ2n) is 8.79. The molecule has 3 heterocycles. The van der Waals surface area contributed by atoms with E-state index in [1.807, 2.05) is 61.9 Å². The molecule has 1 aromatic carbocycles. The van der Waals surface area contributed by atoms with Gasteiger partial charge in [0.25, 0.3) is 0 Å². The van der Waals surface area contributed by atoms with E-state index in [-0.39, 0.29) is 6.10 Å². The molecule has 8 heteroatoms. The number of rotatable bonds is 7. The molecule has 174 valence electrons. The Morgan fingerprint density at radius 1 is 1.09 bits per heavy atom. The third-order valence-electron chi connectivity index (χ3n) is 5.71. The average Bonchev–Trinajstić information content (AvgIpc) is 2.84. The highest BCUT2D eigenvalue weighted by atomic mass is 16.5. The van der Waals surface area contributed by atoms with Crippen LogP contribution < -0.4 is 9.64 Å². The van der Waals surface area contributed by atoms with Crippen LogP contribution in [0.25, 0.3) is 11.1 Å². The molecule has 1 aliphatic rings. The highest BCUT2D eigenvalue weighted by molar-refractivity contribution is 5.67. The lowest BCUT2D eigenvalue weighted by molar-refractivity contribution is -0.0347. The van der Waals surface area contributed by atoms with Crippen molar-refractivity contribution in [1.29, 1.82) is 0 Å². The van der Waals surface area contributed by atoms with Gasteiger partial charge in [-0.1, -0.05) is 26.0 Å². The Kier molecular flexibility index (Phi) is 7.15. The van der Waals surface area contributed by atoms with E-state index in [9.17, 15) is 0 Å². The van der Waals surface area contributed by atoms with Gasteiger partial charge in [-0.05, 0) is 17.7 Å². The number of aromatic nitrogens is 4. The molecule has 4 rings (SSSR count). The van der Waals surface area contributed by atoms with Crippen LogP contribution in [0.2, 0.25) is 0 Å². The SMILES string of the molecule is COc1ccc(-c2cnc(N(C)C)nc2[C@H]2CN(Cc3cnc(C(C)C)nc3)CCO2)cc1. The van der Waals surface area contributed by atoms with E-state index in [1.165, 1.54) is 0 Å². The van der Waals surface area contributed by atoms with E-state index in [0.29, 0.717) is 18.5 Å². The van der Waals surface area contributed by atoms with Crippen molar-refractivity contribution in [3.8, 4) is 16.9 Å². The lowest BCUT2D eigenvalue weighted by atomic mass is 10.0. The summed E-state index contributed by atoms with van der Waals surface area (Å²) < 4.78 is 11.5.